The molecule has 0 saturated heterocycles. The number of hydrogen-bond donors (Lipinski definition) is 1. The molecule has 1 aliphatic rings. The van der Waals surface area contributed by atoms with Crippen molar-refractivity contribution in [1.29, 1.82) is 0 Å². The number of halogens is 1. The average Bonchev–Trinajstić information content (AvgIpc) is 3.07. The molecule has 1 radical (unpaired) electrons. The van der Waals surface area contributed by atoms with Crippen LogP contribution in [0.5, 0.6) is 11.5 Å². The van der Waals surface area contributed by atoms with Crippen LogP contribution in [0.1, 0.15) is 92.7 Å². The van der Waals surface area contributed by atoms with E-state index in [0.29, 0.717) is 12.2 Å². The van der Waals surface area contributed by atoms with Crippen LogP contribution in [0.2, 0.25) is 0 Å². The van der Waals surface area contributed by atoms with Crippen LogP contribution in [0.25, 0.3) is 48.6 Å². The largest absolute Gasteiger partial charge is 0.512 e. The third-order valence-corrected chi connectivity index (χ3v) is 9.79. The molecular weight excluding hydrogens is 830 g/mol. The standard InChI is InChI=1S/C31H26N3O.C13H23FO2.Ir/c1-30(2,3)16-18-11-12-22-20(13-18)15-24-25-27(22)33-17-34-28(25)23-14-19-9-7-8-10-21(19)26(29(23)35-24)31(4,5)32-6;1-5-10(6-2)12(15)8-13(16)11(7-3)9(4)14;/h7-13,15,17H,16H2,1-5H3;8-11,15H,5-7H2,1-4H3;/q-1;;/b;12-8-;. The summed E-state index contributed by atoms with van der Waals surface area (Å²) in [4.78, 5) is 25.1. The minimum absolute atomic E-state index is 0. The van der Waals surface area contributed by atoms with Gasteiger partial charge in [0.15, 0.2) is 5.78 Å². The monoisotopic (exact) mass is 879 g/mol. The SMILES string of the molecule is CCC(CC)/C(O)=C/C(=O)C(CC)C(C)F.[C-]#[N+]C(C)(C)c1c2c([c-]c3ccccc13)-c1ncnc3c1c(cc1cc(CC(C)(C)C)ccc13)O2.[Ir]. The number of aliphatic hydroxyl groups excluding tert-OH is 1. The van der Waals surface area contributed by atoms with Gasteiger partial charge in [-0.3, -0.25) is 9.78 Å². The maximum absolute atomic E-state index is 13.1. The van der Waals surface area contributed by atoms with Gasteiger partial charge < -0.3 is 14.7 Å². The summed E-state index contributed by atoms with van der Waals surface area (Å²) < 4.78 is 19.8. The molecule has 1 aromatic heterocycles. The molecule has 8 heteroatoms. The second-order valence-electron chi connectivity index (χ2n) is 15.3. The summed E-state index contributed by atoms with van der Waals surface area (Å²) in [6.07, 6.45) is 4.69. The third-order valence-electron chi connectivity index (χ3n) is 9.79. The summed E-state index contributed by atoms with van der Waals surface area (Å²) in [5.41, 5.74) is 4.05. The number of alkyl halides is 1. The third kappa shape index (κ3) is 8.22. The molecule has 5 aromatic rings. The number of carbonyl (C=O) groups excluding carboxylic acids is 1. The van der Waals surface area contributed by atoms with Crippen molar-refractivity contribution in [2.24, 2.45) is 17.3 Å². The van der Waals surface area contributed by atoms with Gasteiger partial charge in [0, 0.05) is 68.0 Å². The van der Waals surface area contributed by atoms with Crippen LogP contribution < -0.4 is 4.74 Å². The number of ether oxygens (including phenoxy) is 1. The molecule has 6 nitrogen and oxygen atoms in total. The number of carbonyl (C=O) groups is 1. The molecule has 2 atom stereocenters. The number of fused-ring (bicyclic) bond motifs is 5. The number of allylic oxidation sites excluding steroid dienone is 2. The molecule has 4 aromatic carbocycles. The zero-order chi connectivity index (χ0) is 37.2. The minimum atomic E-state index is -1.16. The zero-order valence-corrected chi connectivity index (χ0v) is 34.0. The molecule has 0 spiro atoms. The van der Waals surface area contributed by atoms with Gasteiger partial charge >= 0.3 is 0 Å². The Morgan fingerprint density at radius 1 is 1.02 bits per heavy atom. The van der Waals surface area contributed by atoms with Gasteiger partial charge in [0.2, 0.25) is 5.54 Å². The van der Waals surface area contributed by atoms with Gasteiger partial charge in [-0.25, -0.2) is 15.9 Å². The van der Waals surface area contributed by atoms with Crippen molar-refractivity contribution >= 4 is 38.2 Å². The van der Waals surface area contributed by atoms with E-state index >= 15 is 0 Å². The van der Waals surface area contributed by atoms with Crippen molar-refractivity contribution in [2.75, 3.05) is 0 Å². The summed E-state index contributed by atoms with van der Waals surface area (Å²) in [5.74, 6) is 0.570. The Morgan fingerprint density at radius 3 is 2.33 bits per heavy atom. The molecule has 275 valence electrons. The van der Waals surface area contributed by atoms with Crippen LogP contribution in [0, 0.1) is 29.9 Å². The summed E-state index contributed by atoms with van der Waals surface area (Å²) in [5, 5.41) is 14.7. The molecule has 0 aliphatic carbocycles. The predicted molar refractivity (Wildman–Crippen MR) is 206 cm³/mol. The number of aliphatic hydroxyl groups is 1. The molecular formula is C44H49FIrN3O3-. The summed E-state index contributed by atoms with van der Waals surface area (Å²) in [7, 11) is 0. The predicted octanol–water partition coefficient (Wildman–Crippen LogP) is 12.1. The fraction of sp³-hybridized carbons (Fsp3) is 0.409. The fourth-order valence-corrected chi connectivity index (χ4v) is 7.10. The van der Waals surface area contributed by atoms with Gasteiger partial charge in [-0.1, -0.05) is 88.9 Å². The average molecular weight is 879 g/mol. The van der Waals surface area contributed by atoms with Gasteiger partial charge in [-0.2, -0.15) is 0 Å². The first kappa shape index (κ1) is 40.6. The van der Waals surface area contributed by atoms with Crippen LogP contribution >= 0.6 is 0 Å². The van der Waals surface area contributed by atoms with Crippen molar-refractivity contribution in [3.8, 4) is 22.8 Å². The number of rotatable bonds is 9. The van der Waals surface area contributed by atoms with E-state index in [1.807, 2.05) is 52.0 Å². The smallest absolute Gasteiger partial charge is 0.242 e. The van der Waals surface area contributed by atoms with Crippen LogP contribution in [0.15, 0.2) is 66.7 Å². The van der Waals surface area contributed by atoms with Crippen molar-refractivity contribution in [3.63, 3.8) is 0 Å². The summed E-state index contributed by atoms with van der Waals surface area (Å²) in [6, 6.07) is 20.3. The maximum atomic E-state index is 13.1. The fourth-order valence-electron chi connectivity index (χ4n) is 7.10. The molecule has 1 aliphatic heterocycles. The Kier molecular flexibility index (Phi) is 12.7. The van der Waals surface area contributed by atoms with Crippen molar-refractivity contribution in [3.05, 3.63) is 95.3 Å². The molecule has 0 amide bonds. The van der Waals surface area contributed by atoms with Crippen LogP contribution in [0.3, 0.4) is 0 Å². The Labute approximate surface area is 321 Å². The van der Waals surface area contributed by atoms with Gasteiger partial charge in [-0.05, 0) is 55.0 Å². The van der Waals surface area contributed by atoms with E-state index in [9.17, 15) is 14.3 Å². The normalized spacial score (nSPS) is 13.8. The van der Waals surface area contributed by atoms with E-state index in [4.69, 9.17) is 16.3 Å². The van der Waals surface area contributed by atoms with Gasteiger partial charge in [0.1, 0.15) is 18.2 Å². The number of benzene rings is 4. The van der Waals surface area contributed by atoms with E-state index in [2.05, 4.69) is 60.9 Å². The summed E-state index contributed by atoms with van der Waals surface area (Å²) in [6.45, 7) is 25.6. The van der Waals surface area contributed by atoms with Crippen LogP contribution in [-0.2, 0) is 36.9 Å². The second kappa shape index (κ2) is 16.2. The molecule has 2 heterocycles. The Morgan fingerprint density at radius 2 is 1.71 bits per heavy atom. The van der Waals surface area contributed by atoms with E-state index in [-0.39, 0.29) is 43.0 Å². The Hall–Kier alpha value is -4.18. The number of ketones is 1. The van der Waals surface area contributed by atoms with Gasteiger partial charge in [-0.15, -0.1) is 17.5 Å². The van der Waals surface area contributed by atoms with Crippen molar-refractivity contribution in [2.45, 2.75) is 99.7 Å². The zero-order valence-electron chi connectivity index (χ0n) is 31.7. The molecule has 0 saturated carbocycles. The summed E-state index contributed by atoms with van der Waals surface area (Å²) >= 11 is 0. The van der Waals surface area contributed by atoms with Gasteiger partial charge in [0.05, 0.1) is 22.9 Å². The molecule has 0 fully saturated rings. The Bertz CT molecular complexity index is 2170. The van der Waals surface area contributed by atoms with E-state index in [1.54, 1.807) is 13.3 Å². The first-order chi connectivity index (χ1) is 24.1. The topological polar surface area (TPSA) is 76.7 Å². The maximum Gasteiger partial charge on any atom is 0.242 e. The first-order valence-electron chi connectivity index (χ1n) is 18.0. The van der Waals surface area contributed by atoms with Crippen LogP contribution in [0.4, 0.5) is 4.39 Å². The molecule has 1 N–H and O–H groups in total. The first-order valence-corrected chi connectivity index (χ1v) is 18.0. The van der Waals surface area contributed by atoms with Crippen molar-refractivity contribution < 1.29 is 39.1 Å². The molecule has 6 rings (SSSR count). The number of aromatic nitrogens is 2. The molecule has 52 heavy (non-hydrogen) atoms. The Balaban J connectivity index is 0.000000305. The molecule has 0 bridgehead atoms. The minimum Gasteiger partial charge on any atom is -0.512 e. The van der Waals surface area contributed by atoms with Gasteiger partial charge in [0.25, 0.3) is 0 Å². The quantitative estimate of drug-likeness (QED) is 0.0678. The van der Waals surface area contributed by atoms with E-state index in [1.165, 1.54) is 18.6 Å². The second-order valence-corrected chi connectivity index (χ2v) is 15.3. The van der Waals surface area contributed by atoms with E-state index < -0.39 is 17.6 Å². The number of hydrogen-bond acceptors (Lipinski definition) is 5. The van der Waals surface area contributed by atoms with Crippen molar-refractivity contribution in [1.82, 2.24) is 9.97 Å². The molecule has 2 unspecified atom stereocenters. The van der Waals surface area contributed by atoms with E-state index in [0.717, 1.165) is 74.3 Å². The van der Waals surface area contributed by atoms with Crippen LogP contribution in [-0.4, -0.2) is 27.0 Å². The number of nitrogens with zero attached hydrogens (tertiary/aromatic N) is 3.